The quantitative estimate of drug-likeness (QED) is 0.842. The van der Waals surface area contributed by atoms with Crippen molar-refractivity contribution in [1.29, 1.82) is 0 Å². The molecule has 0 aromatic heterocycles. The predicted molar refractivity (Wildman–Crippen MR) is 72.0 cm³/mol. The summed E-state index contributed by atoms with van der Waals surface area (Å²) in [6, 6.07) is 5.54. The third-order valence-electron chi connectivity index (χ3n) is 3.86. The number of rotatable bonds is 4. The lowest BCUT2D eigenvalue weighted by molar-refractivity contribution is 0.0900. The van der Waals surface area contributed by atoms with Crippen LogP contribution in [0.5, 0.6) is 11.5 Å². The highest BCUT2D eigenvalue weighted by atomic mass is 16.5. The van der Waals surface area contributed by atoms with Gasteiger partial charge in [0.15, 0.2) is 17.3 Å². The lowest BCUT2D eigenvalue weighted by atomic mass is 9.94. The molecule has 0 radical (unpaired) electrons. The number of ketones is 1. The fraction of sp³-hybridized carbons (Fsp3) is 0.533. The maximum atomic E-state index is 12.6. The second-order valence-corrected chi connectivity index (χ2v) is 5.35. The summed E-state index contributed by atoms with van der Waals surface area (Å²) < 4.78 is 11.2. The number of ether oxygens (including phenoxy) is 2. The van der Waals surface area contributed by atoms with Gasteiger partial charge in [0, 0.05) is 23.9 Å². The van der Waals surface area contributed by atoms with Crippen LogP contribution in [-0.2, 0) is 0 Å². The first-order chi connectivity index (χ1) is 9.25. The van der Waals surface area contributed by atoms with Gasteiger partial charge in [-0.1, -0.05) is 0 Å². The molecule has 1 aromatic carbocycles. The molecule has 1 fully saturated rings. The largest absolute Gasteiger partial charge is 0.490 e. The molecule has 0 spiro atoms. The van der Waals surface area contributed by atoms with Gasteiger partial charge in [-0.15, -0.1) is 0 Å². The van der Waals surface area contributed by atoms with Crippen LogP contribution < -0.4 is 14.8 Å². The number of nitrogens with one attached hydrogen (secondary N) is 1. The molecular weight excluding hydrogens is 242 g/mol. The number of carbonyl (C=O) groups excluding carboxylic acids is 1. The molecule has 1 N–H and O–H groups in total. The van der Waals surface area contributed by atoms with Crippen LogP contribution in [-0.4, -0.2) is 32.6 Å². The summed E-state index contributed by atoms with van der Waals surface area (Å²) in [5.41, 5.74) is 0.547. The van der Waals surface area contributed by atoms with E-state index in [9.17, 15) is 4.79 Å². The zero-order chi connectivity index (χ0) is 13.3. The Bertz CT molecular complexity index is 494. The smallest absolute Gasteiger partial charge is 0.170 e. The number of benzene rings is 1. The molecule has 0 bridgehead atoms. The average molecular weight is 261 g/mol. The average Bonchev–Trinajstić information content (AvgIpc) is 3.21. The third-order valence-corrected chi connectivity index (χ3v) is 3.86. The first kappa shape index (κ1) is 12.5. The Hall–Kier alpha value is -1.55. The van der Waals surface area contributed by atoms with E-state index >= 15 is 0 Å². The molecule has 1 aromatic rings. The number of hydrogen-bond donors (Lipinski definition) is 1. The van der Waals surface area contributed by atoms with Crippen LogP contribution in [0.3, 0.4) is 0 Å². The molecule has 1 aliphatic heterocycles. The van der Waals surface area contributed by atoms with Crippen LogP contribution in [0.2, 0.25) is 0 Å². The SMILES string of the molecule is CNCC1(C(=O)c2ccc3c(c2)OCCCO3)CC1. The van der Waals surface area contributed by atoms with Crippen molar-refractivity contribution >= 4 is 5.78 Å². The fourth-order valence-corrected chi connectivity index (χ4v) is 2.58. The molecule has 102 valence electrons. The summed E-state index contributed by atoms with van der Waals surface area (Å²) in [5.74, 6) is 1.66. The van der Waals surface area contributed by atoms with E-state index in [1.54, 1.807) is 0 Å². The summed E-state index contributed by atoms with van der Waals surface area (Å²) >= 11 is 0. The van der Waals surface area contributed by atoms with E-state index in [1.807, 2.05) is 25.2 Å². The maximum Gasteiger partial charge on any atom is 0.170 e. The van der Waals surface area contributed by atoms with Crippen molar-refractivity contribution < 1.29 is 14.3 Å². The van der Waals surface area contributed by atoms with Gasteiger partial charge in [0.25, 0.3) is 0 Å². The van der Waals surface area contributed by atoms with E-state index in [4.69, 9.17) is 9.47 Å². The lowest BCUT2D eigenvalue weighted by Crippen LogP contribution is -2.27. The van der Waals surface area contributed by atoms with Gasteiger partial charge in [-0.05, 0) is 38.1 Å². The lowest BCUT2D eigenvalue weighted by Gasteiger charge is -2.15. The summed E-state index contributed by atoms with van der Waals surface area (Å²) in [4.78, 5) is 12.6. The van der Waals surface area contributed by atoms with Gasteiger partial charge in [-0.3, -0.25) is 4.79 Å². The van der Waals surface area contributed by atoms with Gasteiger partial charge >= 0.3 is 0 Å². The number of carbonyl (C=O) groups is 1. The standard InChI is InChI=1S/C15H19NO3/c1-16-10-15(5-6-15)14(17)11-3-4-12-13(9-11)19-8-2-7-18-12/h3-4,9,16H,2,5-8,10H2,1H3. The Balaban J connectivity index is 1.86. The van der Waals surface area contributed by atoms with Gasteiger partial charge in [-0.25, -0.2) is 0 Å². The highest BCUT2D eigenvalue weighted by Crippen LogP contribution is 2.48. The number of fused-ring (bicyclic) bond motifs is 1. The van der Waals surface area contributed by atoms with Crippen LogP contribution in [0.4, 0.5) is 0 Å². The Labute approximate surface area is 113 Å². The summed E-state index contributed by atoms with van der Waals surface area (Å²) in [6.45, 7) is 2.07. The van der Waals surface area contributed by atoms with E-state index < -0.39 is 0 Å². The van der Waals surface area contributed by atoms with Crippen LogP contribution in [0.1, 0.15) is 29.6 Å². The van der Waals surface area contributed by atoms with Crippen LogP contribution in [0, 0.1) is 5.41 Å². The zero-order valence-corrected chi connectivity index (χ0v) is 11.2. The second-order valence-electron chi connectivity index (χ2n) is 5.35. The van der Waals surface area contributed by atoms with Gasteiger partial charge in [0.2, 0.25) is 0 Å². The van der Waals surface area contributed by atoms with Crippen molar-refractivity contribution in [2.45, 2.75) is 19.3 Å². The third kappa shape index (κ3) is 2.32. The summed E-state index contributed by atoms with van der Waals surface area (Å²) in [7, 11) is 1.89. The predicted octanol–water partition coefficient (Wildman–Crippen LogP) is 2.03. The molecule has 1 aliphatic carbocycles. The Morgan fingerprint density at radius 3 is 2.68 bits per heavy atom. The molecule has 1 heterocycles. The van der Waals surface area contributed by atoms with E-state index in [2.05, 4.69) is 5.32 Å². The van der Waals surface area contributed by atoms with Crippen molar-refractivity contribution in [2.75, 3.05) is 26.8 Å². The van der Waals surface area contributed by atoms with Crippen LogP contribution >= 0.6 is 0 Å². The highest BCUT2D eigenvalue weighted by Gasteiger charge is 2.49. The molecule has 4 nitrogen and oxygen atoms in total. The second kappa shape index (κ2) is 4.85. The van der Waals surface area contributed by atoms with Crippen LogP contribution in [0.15, 0.2) is 18.2 Å². The van der Waals surface area contributed by atoms with Gasteiger partial charge in [0.05, 0.1) is 13.2 Å². The minimum Gasteiger partial charge on any atom is -0.490 e. The van der Waals surface area contributed by atoms with Crippen molar-refractivity contribution in [1.82, 2.24) is 5.32 Å². The molecule has 0 saturated heterocycles. The monoisotopic (exact) mass is 261 g/mol. The Morgan fingerprint density at radius 2 is 2.00 bits per heavy atom. The van der Waals surface area contributed by atoms with Crippen LogP contribution in [0.25, 0.3) is 0 Å². The topological polar surface area (TPSA) is 47.6 Å². The van der Waals surface area contributed by atoms with E-state index in [-0.39, 0.29) is 11.2 Å². The molecule has 19 heavy (non-hydrogen) atoms. The molecule has 2 aliphatic rings. The normalized spacial score (nSPS) is 19.6. The molecule has 3 rings (SSSR count). The first-order valence-electron chi connectivity index (χ1n) is 6.84. The van der Waals surface area contributed by atoms with Crippen molar-refractivity contribution in [3.63, 3.8) is 0 Å². The minimum absolute atomic E-state index is 0.186. The molecule has 0 unspecified atom stereocenters. The molecule has 0 amide bonds. The van der Waals surface area contributed by atoms with Crippen molar-refractivity contribution in [2.24, 2.45) is 5.41 Å². The van der Waals surface area contributed by atoms with Gasteiger partial charge in [-0.2, -0.15) is 0 Å². The molecule has 4 heteroatoms. The van der Waals surface area contributed by atoms with Gasteiger partial charge in [0.1, 0.15) is 0 Å². The van der Waals surface area contributed by atoms with Crippen molar-refractivity contribution in [3.05, 3.63) is 23.8 Å². The minimum atomic E-state index is -0.186. The van der Waals surface area contributed by atoms with E-state index in [1.165, 1.54) is 0 Å². The number of hydrogen-bond acceptors (Lipinski definition) is 4. The maximum absolute atomic E-state index is 12.6. The molecule has 0 atom stereocenters. The Morgan fingerprint density at radius 1 is 1.26 bits per heavy atom. The molecular formula is C15H19NO3. The van der Waals surface area contributed by atoms with E-state index in [0.29, 0.717) is 19.0 Å². The summed E-state index contributed by atoms with van der Waals surface area (Å²) in [5, 5.41) is 3.12. The fourth-order valence-electron chi connectivity index (χ4n) is 2.58. The first-order valence-corrected chi connectivity index (χ1v) is 6.84. The zero-order valence-electron chi connectivity index (χ0n) is 11.2. The molecule has 1 saturated carbocycles. The number of Topliss-reactive ketones (excluding diaryl/α,β-unsaturated/α-hetero) is 1. The Kier molecular flexibility index (Phi) is 3.19. The van der Waals surface area contributed by atoms with Crippen molar-refractivity contribution in [3.8, 4) is 11.5 Å². The van der Waals surface area contributed by atoms with Gasteiger partial charge < -0.3 is 14.8 Å². The van der Waals surface area contributed by atoms with E-state index in [0.717, 1.165) is 37.1 Å². The highest BCUT2D eigenvalue weighted by molar-refractivity contribution is 6.03. The summed E-state index contributed by atoms with van der Waals surface area (Å²) in [6.07, 6.45) is 2.82.